The number of hydrogen-bond acceptors (Lipinski definition) is 3. The van der Waals surface area contributed by atoms with Crippen molar-refractivity contribution in [2.24, 2.45) is 0 Å². The van der Waals surface area contributed by atoms with Crippen LogP contribution < -0.4 is 5.32 Å². The molecule has 5 nitrogen and oxygen atoms in total. The van der Waals surface area contributed by atoms with Crippen LogP contribution >= 0.6 is 0 Å². The first-order valence-electron chi connectivity index (χ1n) is 6.23. The van der Waals surface area contributed by atoms with E-state index in [0.717, 1.165) is 22.8 Å². The van der Waals surface area contributed by atoms with Crippen molar-refractivity contribution in [2.75, 3.05) is 0 Å². The van der Waals surface area contributed by atoms with Gasteiger partial charge in [0.2, 0.25) is 0 Å². The molecule has 5 heteroatoms. The molecule has 1 unspecified atom stereocenters. The van der Waals surface area contributed by atoms with Crippen LogP contribution in [0.2, 0.25) is 0 Å². The van der Waals surface area contributed by atoms with Crippen molar-refractivity contribution >= 4 is 5.91 Å². The number of aryl methyl sites for hydroxylation is 3. The monoisotopic (exact) mass is 258 g/mol. The van der Waals surface area contributed by atoms with Crippen LogP contribution in [-0.4, -0.2) is 20.9 Å². The number of imidazole rings is 1. The summed E-state index contributed by atoms with van der Waals surface area (Å²) in [5.74, 6) is 0.611. The van der Waals surface area contributed by atoms with E-state index in [1.54, 1.807) is 12.4 Å². The number of hydrogen-bond donors (Lipinski definition) is 2. The first-order valence-corrected chi connectivity index (χ1v) is 6.23. The van der Waals surface area contributed by atoms with Gasteiger partial charge in [-0.15, -0.1) is 0 Å². The van der Waals surface area contributed by atoms with Gasteiger partial charge in [-0.1, -0.05) is 0 Å². The van der Waals surface area contributed by atoms with E-state index in [-0.39, 0.29) is 11.9 Å². The summed E-state index contributed by atoms with van der Waals surface area (Å²) < 4.78 is 0. The molecular formula is C14H18N4O. The summed E-state index contributed by atoms with van der Waals surface area (Å²) in [4.78, 5) is 23.6. The Balaban J connectivity index is 2.10. The van der Waals surface area contributed by atoms with Gasteiger partial charge in [0.05, 0.1) is 11.6 Å². The maximum absolute atomic E-state index is 12.1. The fourth-order valence-corrected chi connectivity index (χ4v) is 1.77. The fraction of sp³-hybridized carbons (Fsp3) is 0.357. The lowest BCUT2D eigenvalue weighted by Crippen LogP contribution is -2.27. The molecule has 0 saturated carbocycles. The highest BCUT2D eigenvalue weighted by Crippen LogP contribution is 2.11. The molecule has 100 valence electrons. The highest BCUT2D eigenvalue weighted by molar-refractivity contribution is 5.94. The molecule has 0 aliphatic carbocycles. The Morgan fingerprint density at radius 1 is 1.26 bits per heavy atom. The van der Waals surface area contributed by atoms with E-state index in [4.69, 9.17) is 0 Å². The van der Waals surface area contributed by atoms with Crippen molar-refractivity contribution in [1.82, 2.24) is 20.3 Å². The predicted molar refractivity (Wildman–Crippen MR) is 72.9 cm³/mol. The molecule has 0 aromatic carbocycles. The average Bonchev–Trinajstić information content (AvgIpc) is 2.79. The van der Waals surface area contributed by atoms with Crippen LogP contribution in [0.1, 0.15) is 46.1 Å². The van der Waals surface area contributed by atoms with Crippen molar-refractivity contribution in [3.63, 3.8) is 0 Å². The molecule has 0 spiro atoms. The molecule has 19 heavy (non-hydrogen) atoms. The zero-order valence-electron chi connectivity index (χ0n) is 11.6. The maximum Gasteiger partial charge on any atom is 0.253 e. The first kappa shape index (κ1) is 13.3. The highest BCUT2D eigenvalue weighted by atomic mass is 16.1. The summed E-state index contributed by atoms with van der Waals surface area (Å²) in [6, 6.07) is 1.68. The Morgan fingerprint density at radius 2 is 2.00 bits per heavy atom. The summed E-state index contributed by atoms with van der Waals surface area (Å²) in [7, 11) is 0. The van der Waals surface area contributed by atoms with Crippen LogP contribution in [0.4, 0.5) is 0 Å². The molecule has 0 aliphatic heterocycles. The average molecular weight is 258 g/mol. The number of aromatic nitrogens is 3. The van der Waals surface area contributed by atoms with Gasteiger partial charge in [-0.3, -0.25) is 9.78 Å². The summed E-state index contributed by atoms with van der Waals surface area (Å²) in [6.07, 6.45) is 3.34. The van der Waals surface area contributed by atoms with Gasteiger partial charge in [0.25, 0.3) is 5.91 Å². The number of nitrogens with zero attached hydrogens (tertiary/aromatic N) is 2. The van der Waals surface area contributed by atoms with Crippen molar-refractivity contribution in [1.29, 1.82) is 0 Å². The lowest BCUT2D eigenvalue weighted by molar-refractivity contribution is 0.0938. The van der Waals surface area contributed by atoms with Crippen LogP contribution in [0.15, 0.2) is 18.5 Å². The number of nitrogens with one attached hydrogen (secondary N) is 2. The smallest absolute Gasteiger partial charge is 0.253 e. The third-order valence-electron chi connectivity index (χ3n) is 3.08. The van der Waals surface area contributed by atoms with Gasteiger partial charge < -0.3 is 10.3 Å². The normalized spacial score (nSPS) is 12.2. The summed E-state index contributed by atoms with van der Waals surface area (Å²) in [5.41, 5.74) is 3.49. The Hall–Kier alpha value is -2.17. The SMILES string of the molecule is Cc1cnc(C(C)NC(=O)c2cnc(C)c(C)c2)[nH]1. The Morgan fingerprint density at radius 3 is 2.58 bits per heavy atom. The molecule has 2 aromatic rings. The third-order valence-corrected chi connectivity index (χ3v) is 3.08. The van der Waals surface area contributed by atoms with Crippen molar-refractivity contribution in [3.05, 3.63) is 46.8 Å². The van der Waals surface area contributed by atoms with Crippen molar-refractivity contribution < 1.29 is 4.79 Å². The Kier molecular flexibility index (Phi) is 3.64. The molecule has 0 aliphatic rings. The van der Waals surface area contributed by atoms with Crippen LogP contribution in [0.5, 0.6) is 0 Å². The van der Waals surface area contributed by atoms with E-state index < -0.39 is 0 Å². The second-order valence-electron chi connectivity index (χ2n) is 4.77. The number of H-pyrrole nitrogens is 1. The van der Waals surface area contributed by atoms with Gasteiger partial charge in [0, 0.05) is 23.8 Å². The van der Waals surface area contributed by atoms with Gasteiger partial charge in [-0.25, -0.2) is 4.98 Å². The van der Waals surface area contributed by atoms with E-state index in [1.165, 1.54) is 0 Å². The number of amides is 1. The lowest BCUT2D eigenvalue weighted by atomic mass is 10.1. The molecular weight excluding hydrogens is 240 g/mol. The number of carbonyl (C=O) groups excluding carboxylic acids is 1. The molecule has 2 rings (SSSR count). The lowest BCUT2D eigenvalue weighted by Gasteiger charge is -2.12. The van der Waals surface area contributed by atoms with Gasteiger partial charge in [0.15, 0.2) is 0 Å². The predicted octanol–water partition coefficient (Wildman–Crippen LogP) is 2.22. The van der Waals surface area contributed by atoms with Gasteiger partial charge in [-0.05, 0) is 39.3 Å². The van der Waals surface area contributed by atoms with E-state index in [9.17, 15) is 4.79 Å². The minimum atomic E-state index is -0.164. The van der Waals surface area contributed by atoms with E-state index in [1.807, 2.05) is 33.8 Å². The van der Waals surface area contributed by atoms with Crippen LogP contribution in [0.3, 0.4) is 0 Å². The number of carbonyl (C=O) groups is 1. The highest BCUT2D eigenvalue weighted by Gasteiger charge is 2.14. The van der Waals surface area contributed by atoms with E-state index in [0.29, 0.717) is 5.56 Å². The zero-order valence-corrected chi connectivity index (χ0v) is 11.6. The minimum Gasteiger partial charge on any atom is -0.344 e. The van der Waals surface area contributed by atoms with E-state index >= 15 is 0 Å². The molecule has 1 atom stereocenters. The summed E-state index contributed by atoms with van der Waals surface area (Å²) in [5, 5.41) is 2.90. The van der Waals surface area contributed by atoms with Gasteiger partial charge >= 0.3 is 0 Å². The molecule has 0 saturated heterocycles. The fourth-order valence-electron chi connectivity index (χ4n) is 1.77. The topological polar surface area (TPSA) is 70.7 Å². The molecule has 2 heterocycles. The van der Waals surface area contributed by atoms with Crippen LogP contribution in [0.25, 0.3) is 0 Å². The quantitative estimate of drug-likeness (QED) is 0.886. The molecule has 2 aromatic heterocycles. The first-order chi connectivity index (χ1) is 8.97. The molecule has 0 radical (unpaired) electrons. The Labute approximate surface area is 112 Å². The number of pyridine rings is 1. The molecule has 1 amide bonds. The van der Waals surface area contributed by atoms with Crippen molar-refractivity contribution in [3.8, 4) is 0 Å². The summed E-state index contributed by atoms with van der Waals surface area (Å²) in [6.45, 7) is 7.69. The van der Waals surface area contributed by atoms with E-state index in [2.05, 4.69) is 20.3 Å². The largest absolute Gasteiger partial charge is 0.344 e. The summed E-state index contributed by atoms with van der Waals surface area (Å²) >= 11 is 0. The molecule has 0 bridgehead atoms. The third kappa shape index (κ3) is 2.99. The zero-order chi connectivity index (χ0) is 14.0. The van der Waals surface area contributed by atoms with Gasteiger partial charge in [0.1, 0.15) is 5.82 Å². The minimum absolute atomic E-state index is 0.142. The Bertz CT molecular complexity index is 603. The molecule has 0 fully saturated rings. The maximum atomic E-state index is 12.1. The molecule has 2 N–H and O–H groups in total. The van der Waals surface area contributed by atoms with Gasteiger partial charge in [-0.2, -0.15) is 0 Å². The van der Waals surface area contributed by atoms with Crippen molar-refractivity contribution in [2.45, 2.75) is 33.7 Å². The number of rotatable bonds is 3. The second-order valence-corrected chi connectivity index (χ2v) is 4.77. The standard InChI is InChI=1S/C14H18N4O/c1-8-5-12(7-15-10(8)3)14(19)18-11(4)13-16-6-9(2)17-13/h5-7,11H,1-4H3,(H,16,17)(H,18,19). The second kappa shape index (κ2) is 5.22. The number of aromatic amines is 1. The van der Waals surface area contributed by atoms with Crippen LogP contribution in [0, 0.1) is 20.8 Å². The van der Waals surface area contributed by atoms with Crippen LogP contribution in [-0.2, 0) is 0 Å².